The number of ketones is 1. The van der Waals surface area contributed by atoms with Crippen LogP contribution in [0, 0.1) is 5.82 Å². The van der Waals surface area contributed by atoms with E-state index in [1.807, 2.05) is 4.98 Å². The summed E-state index contributed by atoms with van der Waals surface area (Å²) in [6, 6.07) is 10.7. The van der Waals surface area contributed by atoms with Crippen LogP contribution in [0.25, 0.3) is 0 Å². The van der Waals surface area contributed by atoms with Crippen LogP contribution >= 0.6 is 0 Å². The highest BCUT2D eigenvalue weighted by Crippen LogP contribution is 2.29. The number of pyridine rings is 1. The SMILES string of the molecule is O=C(Nc1cc(C(F)(F)F)c[nH]c1=O)c1ccccc1C(=O)c1ccc(F)cc1. The van der Waals surface area contributed by atoms with Gasteiger partial charge < -0.3 is 10.3 Å². The molecule has 2 N–H and O–H groups in total. The maximum Gasteiger partial charge on any atom is 0.417 e. The molecule has 1 aromatic heterocycles. The van der Waals surface area contributed by atoms with Gasteiger partial charge in [-0.05, 0) is 36.4 Å². The Morgan fingerprint density at radius 1 is 0.931 bits per heavy atom. The summed E-state index contributed by atoms with van der Waals surface area (Å²) in [5.74, 6) is -2.08. The number of halogens is 4. The van der Waals surface area contributed by atoms with Crippen molar-refractivity contribution < 1.29 is 27.2 Å². The van der Waals surface area contributed by atoms with Crippen LogP contribution in [-0.2, 0) is 6.18 Å². The molecule has 0 unspecified atom stereocenters. The summed E-state index contributed by atoms with van der Waals surface area (Å²) in [5, 5.41) is 2.10. The van der Waals surface area contributed by atoms with E-state index < -0.39 is 40.5 Å². The van der Waals surface area contributed by atoms with Gasteiger partial charge in [-0.3, -0.25) is 14.4 Å². The number of hydrogen-bond donors (Lipinski definition) is 2. The molecule has 3 aromatic rings. The lowest BCUT2D eigenvalue weighted by atomic mass is 9.98. The lowest BCUT2D eigenvalue weighted by molar-refractivity contribution is -0.137. The molecule has 148 valence electrons. The number of alkyl halides is 3. The molecule has 0 radical (unpaired) electrons. The van der Waals surface area contributed by atoms with Crippen LogP contribution in [0.15, 0.2) is 65.6 Å². The molecule has 0 atom stereocenters. The number of carbonyl (C=O) groups excluding carboxylic acids is 2. The first-order chi connectivity index (χ1) is 13.7. The third kappa shape index (κ3) is 4.40. The van der Waals surface area contributed by atoms with Gasteiger partial charge in [0.25, 0.3) is 11.5 Å². The lowest BCUT2D eigenvalue weighted by Crippen LogP contribution is -2.23. The summed E-state index contributed by atoms with van der Waals surface area (Å²) in [7, 11) is 0. The first-order valence-corrected chi connectivity index (χ1v) is 8.17. The average molecular weight is 404 g/mol. The number of rotatable bonds is 4. The maximum atomic E-state index is 13.1. The summed E-state index contributed by atoms with van der Waals surface area (Å²) in [6.07, 6.45) is -4.23. The predicted octanol–water partition coefficient (Wildman–Crippen LogP) is 4.02. The van der Waals surface area contributed by atoms with Gasteiger partial charge in [-0.1, -0.05) is 18.2 Å². The largest absolute Gasteiger partial charge is 0.417 e. The second-order valence-corrected chi connectivity index (χ2v) is 5.96. The maximum absolute atomic E-state index is 13.1. The third-order valence-electron chi connectivity index (χ3n) is 4.00. The molecule has 0 aliphatic heterocycles. The van der Waals surface area contributed by atoms with Crippen molar-refractivity contribution in [3.63, 3.8) is 0 Å². The van der Waals surface area contributed by atoms with Crippen molar-refractivity contribution in [1.82, 2.24) is 4.98 Å². The number of hydrogen-bond acceptors (Lipinski definition) is 3. The normalized spacial score (nSPS) is 11.2. The number of carbonyl (C=O) groups is 2. The van der Waals surface area contributed by atoms with Gasteiger partial charge >= 0.3 is 6.18 Å². The second kappa shape index (κ2) is 7.70. The van der Waals surface area contributed by atoms with Crippen LogP contribution in [-0.4, -0.2) is 16.7 Å². The number of nitrogens with one attached hydrogen (secondary N) is 2. The summed E-state index contributed by atoms with van der Waals surface area (Å²) >= 11 is 0. The number of benzene rings is 2. The van der Waals surface area contributed by atoms with Crippen molar-refractivity contribution >= 4 is 17.4 Å². The van der Waals surface area contributed by atoms with Crippen molar-refractivity contribution in [2.24, 2.45) is 0 Å². The van der Waals surface area contributed by atoms with E-state index in [0.717, 1.165) is 12.1 Å². The molecule has 0 spiro atoms. The number of amides is 1. The molecular formula is C20H12F4N2O3. The number of aromatic nitrogens is 1. The molecule has 0 aliphatic carbocycles. The Hall–Kier alpha value is -3.75. The Labute approximate surface area is 161 Å². The minimum Gasteiger partial charge on any atom is -0.327 e. The molecule has 5 nitrogen and oxygen atoms in total. The highest BCUT2D eigenvalue weighted by molar-refractivity contribution is 6.17. The fourth-order valence-electron chi connectivity index (χ4n) is 2.57. The highest BCUT2D eigenvalue weighted by atomic mass is 19.4. The zero-order valence-corrected chi connectivity index (χ0v) is 14.5. The van der Waals surface area contributed by atoms with E-state index in [9.17, 15) is 31.9 Å². The molecular weight excluding hydrogens is 392 g/mol. The fourth-order valence-corrected chi connectivity index (χ4v) is 2.57. The van der Waals surface area contributed by atoms with Crippen molar-refractivity contribution in [2.45, 2.75) is 6.18 Å². The first kappa shape index (κ1) is 20.0. The molecule has 9 heteroatoms. The van der Waals surface area contributed by atoms with Crippen LogP contribution in [0.2, 0.25) is 0 Å². The minimum atomic E-state index is -4.72. The molecule has 0 fully saturated rings. The van der Waals surface area contributed by atoms with E-state index >= 15 is 0 Å². The van der Waals surface area contributed by atoms with Gasteiger partial charge in [0.1, 0.15) is 11.5 Å². The zero-order valence-electron chi connectivity index (χ0n) is 14.5. The molecule has 3 rings (SSSR count). The Morgan fingerprint density at radius 3 is 2.17 bits per heavy atom. The molecule has 0 bridgehead atoms. The van der Waals surface area contributed by atoms with Crippen molar-refractivity contribution in [3.05, 3.63) is 99.2 Å². The summed E-state index contributed by atoms with van der Waals surface area (Å²) in [4.78, 5) is 39.0. The molecule has 1 heterocycles. The van der Waals surface area contributed by atoms with Crippen LogP contribution in [0.5, 0.6) is 0 Å². The van der Waals surface area contributed by atoms with E-state index in [1.165, 1.54) is 36.4 Å². The molecule has 0 saturated heterocycles. The highest BCUT2D eigenvalue weighted by Gasteiger charge is 2.31. The van der Waals surface area contributed by atoms with Crippen LogP contribution in [0.1, 0.15) is 31.8 Å². The summed E-state index contributed by atoms with van der Waals surface area (Å²) in [6.45, 7) is 0. The Balaban J connectivity index is 1.95. The molecule has 29 heavy (non-hydrogen) atoms. The zero-order chi connectivity index (χ0) is 21.2. The molecule has 0 saturated carbocycles. The van der Waals surface area contributed by atoms with Crippen LogP contribution < -0.4 is 10.9 Å². The topological polar surface area (TPSA) is 79.0 Å². The Bertz CT molecular complexity index is 1140. The van der Waals surface area contributed by atoms with Crippen molar-refractivity contribution in [3.8, 4) is 0 Å². The van der Waals surface area contributed by atoms with E-state index in [0.29, 0.717) is 12.3 Å². The molecule has 2 aromatic carbocycles. The average Bonchev–Trinajstić information content (AvgIpc) is 2.69. The Kier molecular flexibility index (Phi) is 5.31. The first-order valence-electron chi connectivity index (χ1n) is 8.17. The van der Waals surface area contributed by atoms with Gasteiger partial charge in [0.05, 0.1) is 11.1 Å². The van der Waals surface area contributed by atoms with Crippen LogP contribution in [0.4, 0.5) is 23.2 Å². The smallest absolute Gasteiger partial charge is 0.327 e. The van der Waals surface area contributed by atoms with Crippen molar-refractivity contribution in [2.75, 3.05) is 5.32 Å². The minimum absolute atomic E-state index is 0.0555. The van der Waals surface area contributed by atoms with Crippen molar-refractivity contribution in [1.29, 1.82) is 0 Å². The monoisotopic (exact) mass is 404 g/mol. The van der Waals surface area contributed by atoms with E-state index in [2.05, 4.69) is 5.32 Å². The predicted molar refractivity (Wildman–Crippen MR) is 96.3 cm³/mol. The summed E-state index contributed by atoms with van der Waals surface area (Å²) < 4.78 is 51.6. The fraction of sp³-hybridized carbons (Fsp3) is 0.0500. The standard InChI is InChI=1S/C20H12F4N2O3/c21-13-7-5-11(6-8-13)17(27)14-3-1-2-4-15(14)18(28)26-16-9-12(20(22,23)24)10-25-19(16)29/h1-10H,(H,25,29)(H,26,28). The van der Waals surface area contributed by atoms with Gasteiger partial charge in [-0.25, -0.2) is 4.39 Å². The summed E-state index contributed by atoms with van der Waals surface area (Å²) in [5.41, 5.74) is -2.80. The van der Waals surface area contributed by atoms with E-state index in [-0.39, 0.29) is 16.7 Å². The Morgan fingerprint density at radius 2 is 1.55 bits per heavy atom. The number of H-pyrrole nitrogens is 1. The number of aromatic amines is 1. The van der Waals surface area contributed by atoms with Gasteiger partial charge in [0.2, 0.25) is 0 Å². The van der Waals surface area contributed by atoms with Gasteiger partial charge in [0, 0.05) is 17.3 Å². The van der Waals surface area contributed by atoms with Gasteiger partial charge in [0.15, 0.2) is 5.78 Å². The lowest BCUT2D eigenvalue weighted by Gasteiger charge is -2.11. The molecule has 1 amide bonds. The number of anilines is 1. The third-order valence-corrected chi connectivity index (χ3v) is 4.00. The quantitative estimate of drug-likeness (QED) is 0.509. The van der Waals surface area contributed by atoms with Crippen LogP contribution in [0.3, 0.4) is 0 Å². The van der Waals surface area contributed by atoms with E-state index in [1.54, 1.807) is 0 Å². The van der Waals surface area contributed by atoms with Gasteiger partial charge in [-0.2, -0.15) is 13.2 Å². The molecule has 0 aliphatic rings. The second-order valence-electron chi connectivity index (χ2n) is 5.96. The van der Waals surface area contributed by atoms with Gasteiger partial charge in [-0.15, -0.1) is 0 Å². The van der Waals surface area contributed by atoms with E-state index in [4.69, 9.17) is 0 Å².